The van der Waals surface area contributed by atoms with Gasteiger partial charge in [-0.25, -0.2) is 9.69 Å². The van der Waals surface area contributed by atoms with Gasteiger partial charge in [-0.05, 0) is 42.8 Å². The maximum atomic E-state index is 12.3. The van der Waals surface area contributed by atoms with E-state index in [0.29, 0.717) is 38.4 Å². The number of urea groups is 1. The molecule has 0 unspecified atom stereocenters. The van der Waals surface area contributed by atoms with E-state index in [1.807, 2.05) is 0 Å². The van der Waals surface area contributed by atoms with Crippen LogP contribution in [-0.2, 0) is 16.2 Å². The molecule has 8 nitrogen and oxygen atoms in total. The third kappa shape index (κ3) is 5.45. The van der Waals surface area contributed by atoms with Gasteiger partial charge in [0.15, 0.2) is 11.5 Å². The van der Waals surface area contributed by atoms with Gasteiger partial charge >= 0.3 is 12.0 Å². The predicted octanol–water partition coefficient (Wildman–Crippen LogP) is 4.60. The molecule has 2 aromatic rings. The van der Waals surface area contributed by atoms with E-state index in [0.717, 1.165) is 0 Å². The highest BCUT2D eigenvalue weighted by atomic mass is 35.5. The van der Waals surface area contributed by atoms with E-state index in [2.05, 4.69) is 5.32 Å². The molecule has 3 rings (SSSR count). The molecule has 1 aliphatic rings. The molecule has 0 aromatic heterocycles. The van der Waals surface area contributed by atoms with Gasteiger partial charge in [-0.15, -0.1) is 0 Å². The van der Waals surface area contributed by atoms with E-state index >= 15 is 0 Å². The number of imide groups is 1. The van der Waals surface area contributed by atoms with Crippen LogP contribution in [0.4, 0.5) is 4.79 Å². The molecule has 0 bridgehead atoms. The highest BCUT2D eigenvalue weighted by molar-refractivity contribution is 6.35. The Labute approximate surface area is 198 Å². The number of aliphatic carboxylic acids is 1. The van der Waals surface area contributed by atoms with Crippen molar-refractivity contribution < 1.29 is 29.0 Å². The predicted molar refractivity (Wildman–Crippen MR) is 119 cm³/mol. The van der Waals surface area contributed by atoms with Crippen LogP contribution in [0.15, 0.2) is 36.0 Å². The third-order valence-corrected chi connectivity index (χ3v) is 5.15. The summed E-state index contributed by atoms with van der Waals surface area (Å²) in [6.45, 7) is 1.46. The summed E-state index contributed by atoms with van der Waals surface area (Å²) in [5, 5.41) is 12.3. The smallest absolute Gasteiger partial charge is 0.329 e. The molecule has 168 valence electrons. The number of nitrogens with one attached hydrogen (secondary N) is 1. The van der Waals surface area contributed by atoms with Crippen LogP contribution in [0.2, 0.25) is 15.1 Å². The van der Waals surface area contributed by atoms with Crippen molar-refractivity contribution in [3.63, 3.8) is 0 Å². The van der Waals surface area contributed by atoms with E-state index in [1.54, 1.807) is 31.2 Å². The van der Waals surface area contributed by atoms with Crippen LogP contribution >= 0.6 is 34.8 Å². The Balaban J connectivity index is 1.87. The average molecular weight is 500 g/mol. The molecule has 1 fully saturated rings. The van der Waals surface area contributed by atoms with Gasteiger partial charge in [-0.2, -0.15) is 0 Å². The Morgan fingerprint density at radius 2 is 1.88 bits per heavy atom. The summed E-state index contributed by atoms with van der Waals surface area (Å²) in [6.07, 6.45) is 1.37. The molecular formula is C21H17Cl3N2O6. The fraction of sp³-hybridized carbons (Fsp3) is 0.190. The Morgan fingerprint density at radius 1 is 1.12 bits per heavy atom. The molecule has 1 heterocycles. The van der Waals surface area contributed by atoms with Crippen molar-refractivity contribution in [2.24, 2.45) is 0 Å². The lowest BCUT2D eigenvalue weighted by molar-refractivity contribution is -0.140. The Kier molecular flexibility index (Phi) is 7.50. The molecule has 0 spiro atoms. The summed E-state index contributed by atoms with van der Waals surface area (Å²) in [6, 6.07) is 7.31. The highest BCUT2D eigenvalue weighted by Crippen LogP contribution is 2.38. The summed E-state index contributed by atoms with van der Waals surface area (Å²) in [7, 11) is 0. The third-order valence-electron chi connectivity index (χ3n) is 4.29. The second-order valence-electron chi connectivity index (χ2n) is 6.56. The van der Waals surface area contributed by atoms with E-state index in [1.165, 1.54) is 12.1 Å². The van der Waals surface area contributed by atoms with Crippen LogP contribution in [0.3, 0.4) is 0 Å². The Bertz CT molecular complexity index is 1120. The lowest BCUT2D eigenvalue weighted by atomic mass is 10.1. The van der Waals surface area contributed by atoms with Gasteiger partial charge in [0.05, 0.1) is 11.6 Å². The zero-order valence-corrected chi connectivity index (χ0v) is 18.9. The minimum absolute atomic E-state index is 0.0867. The number of carboxylic acids is 1. The number of nitrogens with zero attached hydrogens (tertiary/aromatic N) is 1. The lowest BCUT2D eigenvalue weighted by Crippen LogP contribution is -2.35. The van der Waals surface area contributed by atoms with Crippen molar-refractivity contribution in [1.82, 2.24) is 10.2 Å². The maximum absolute atomic E-state index is 12.3. The normalized spacial score (nSPS) is 14.6. The number of ether oxygens (including phenoxy) is 2. The zero-order valence-electron chi connectivity index (χ0n) is 16.7. The zero-order chi connectivity index (χ0) is 23.4. The molecule has 0 radical (unpaired) electrons. The summed E-state index contributed by atoms with van der Waals surface area (Å²) in [4.78, 5) is 35.7. The molecule has 2 aromatic carbocycles. The van der Waals surface area contributed by atoms with Crippen molar-refractivity contribution >= 4 is 58.8 Å². The van der Waals surface area contributed by atoms with Crippen molar-refractivity contribution in [2.75, 3.05) is 13.2 Å². The number of carbonyl (C=O) groups is 3. The van der Waals surface area contributed by atoms with Gasteiger partial charge in [-0.3, -0.25) is 9.59 Å². The van der Waals surface area contributed by atoms with E-state index in [9.17, 15) is 14.4 Å². The molecule has 3 amide bonds. The first kappa shape index (κ1) is 23.7. The number of hydrogen-bond donors (Lipinski definition) is 2. The number of amides is 3. The first-order valence-electron chi connectivity index (χ1n) is 9.29. The summed E-state index contributed by atoms with van der Waals surface area (Å²) in [5.74, 6) is -1.48. The number of hydrogen-bond acceptors (Lipinski definition) is 5. The van der Waals surface area contributed by atoms with Crippen LogP contribution in [0, 0.1) is 0 Å². The summed E-state index contributed by atoms with van der Waals surface area (Å²) >= 11 is 18.5. The number of carbonyl (C=O) groups excluding carboxylic acids is 2. The lowest BCUT2D eigenvalue weighted by Gasteiger charge is -2.15. The average Bonchev–Trinajstić information content (AvgIpc) is 2.96. The minimum atomic E-state index is -1.31. The molecule has 2 N–H and O–H groups in total. The van der Waals surface area contributed by atoms with Crippen molar-refractivity contribution in [1.29, 1.82) is 0 Å². The second kappa shape index (κ2) is 10.1. The first-order valence-corrected chi connectivity index (χ1v) is 10.4. The Hall–Kier alpha value is -2.94. The fourth-order valence-corrected chi connectivity index (χ4v) is 3.62. The molecular weight excluding hydrogens is 483 g/mol. The molecule has 1 saturated heterocycles. The number of benzene rings is 2. The SMILES string of the molecule is CCOc1cc(/C=C2/NC(=O)N(CC(=O)O)C2=O)cc(Cl)c1OCc1ccc(Cl)cc1Cl. The van der Waals surface area contributed by atoms with Gasteiger partial charge in [0.1, 0.15) is 18.8 Å². The van der Waals surface area contributed by atoms with Gasteiger partial charge in [0, 0.05) is 15.6 Å². The van der Waals surface area contributed by atoms with Crippen molar-refractivity contribution in [2.45, 2.75) is 13.5 Å². The molecule has 0 aliphatic carbocycles. The summed E-state index contributed by atoms with van der Waals surface area (Å²) < 4.78 is 11.5. The van der Waals surface area contributed by atoms with Gasteiger partial charge < -0.3 is 19.9 Å². The molecule has 1 aliphatic heterocycles. The quantitative estimate of drug-likeness (QED) is 0.406. The molecule has 0 saturated carbocycles. The monoisotopic (exact) mass is 498 g/mol. The first-order chi connectivity index (χ1) is 15.2. The Morgan fingerprint density at radius 3 is 2.53 bits per heavy atom. The maximum Gasteiger partial charge on any atom is 0.329 e. The second-order valence-corrected chi connectivity index (χ2v) is 7.81. The van der Waals surface area contributed by atoms with Crippen LogP contribution in [-0.4, -0.2) is 41.1 Å². The van der Waals surface area contributed by atoms with E-state index < -0.39 is 24.5 Å². The number of carboxylic acid groups (broad SMARTS) is 1. The van der Waals surface area contributed by atoms with Crippen LogP contribution in [0.5, 0.6) is 11.5 Å². The van der Waals surface area contributed by atoms with Gasteiger partial charge in [0.25, 0.3) is 5.91 Å². The van der Waals surface area contributed by atoms with E-state index in [4.69, 9.17) is 49.4 Å². The molecule has 11 heteroatoms. The fourth-order valence-electron chi connectivity index (χ4n) is 2.88. The van der Waals surface area contributed by atoms with E-state index in [-0.39, 0.29) is 23.1 Å². The van der Waals surface area contributed by atoms with Gasteiger partial charge in [0.2, 0.25) is 0 Å². The van der Waals surface area contributed by atoms with Crippen molar-refractivity contribution in [3.05, 3.63) is 62.2 Å². The van der Waals surface area contributed by atoms with Gasteiger partial charge in [-0.1, -0.05) is 40.9 Å². The minimum Gasteiger partial charge on any atom is -0.490 e. The van der Waals surface area contributed by atoms with Crippen molar-refractivity contribution in [3.8, 4) is 11.5 Å². The summed E-state index contributed by atoms with van der Waals surface area (Å²) in [5.41, 5.74) is 1.05. The number of halogens is 3. The van der Waals surface area contributed by atoms with Crippen LogP contribution in [0.1, 0.15) is 18.1 Å². The highest BCUT2D eigenvalue weighted by Gasteiger charge is 2.35. The van der Waals surface area contributed by atoms with Crippen LogP contribution < -0.4 is 14.8 Å². The number of rotatable bonds is 8. The standard InChI is InChI=1S/C21H17Cl3N2O6/c1-2-31-17-7-11(6-16-20(29)26(9-18(27)28)21(30)25-16)5-15(24)19(17)32-10-12-3-4-13(22)8-14(12)23/h3-8H,2,9-10H2,1H3,(H,25,30)(H,27,28)/b16-6+. The molecule has 0 atom stereocenters. The van der Waals surface area contributed by atoms with Crippen LogP contribution in [0.25, 0.3) is 6.08 Å². The molecule has 32 heavy (non-hydrogen) atoms. The topological polar surface area (TPSA) is 105 Å². The largest absolute Gasteiger partial charge is 0.490 e.